The molecule has 1 rings (SSSR count). The number of carbonyl (C=O) groups excluding carboxylic acids is 2. The highest BCUT2D eigenvalue weighted by Crippen LogP contribution is 2.06. The average molecular weight is 279 g/mol. The highest BCUT2D eigenvalue weighted by atomic mass is 16.6. The molecule has 0 aliphatic heterocycles. The van der Waals surface area contributed by atoms with Gasteiger partial charge in [-0.15, -0.1) is 0 Å². The fourth-order valence-corrected chi connectivity index (χ4v) is 1.35. The summed E-state index contributed by atoms with van der Waals surface area (Å²) < 4.78 is 5.06. The molecule has 0 atom stereocenters. The van der Waals surface area contributed by atoms with Gasteiger partial charge in [0.2, 0.25) is 0 Å². The second-order valence-corrected chi connectivity index (χ2v) is 5.18. The SMILES string of the molecule is CC(C)(C)OC(=O)NCCNC(=O)Nc1ccccc1. The second kappa shape index (κ2) is 7.37. The van der Waals surface area contributed by atoms with Gasteiger partial charge in [0.05, 0.1) is 0 Å². The zero-order chi connectivity index (χ0) is 15.0. The lowest BCUT2D eigenvalue weighted by atomic mass is 10.2. The Kier molecular flexibility index (Phi) is 5.83. The molecule has 6 heteroatoms. The van der Waals surface area contributed by atoms with E-state index in [2.05, 4.69) is 16.0 Å². The van der Waals surface area contributed by atoms with Gasteiger partial charge in [0, 0.05) is 18.8 Å². The number of ether oxygens (including phenoxy) is 1. The van der Waals surface area contributed by atoms with Gasteiger partial charge in [0.25, 0.3) is 0 Å². The van der Waals surface area contributed by atoms with Crippen LogP contribution in [0.1, 0.15) is 20.8 Å². The summed E-state index contributed by atoms with van der Waals surface area (Å²) in [6.07, 6.45) is -0.497. The summed E-state index contributed by atoms with van der Waals surface area (Å²) in [5.74, 6) is 0. The highest BCUT2D eigenvalue weighted by Gasteiger charge is 2.15. The van der Waals surface area contributed by atoms with Gasteiger partial charge in [0.1, 0.15) is 5.60 Å². The summed E-state index contributed by atoms with van der Waals surface area (Å²) in [5.41, 5.74) is 0.187. The van der Waals surface area contributed by atoms with Gasteiger partial charge in [-0.1, -0.05) is 18.2 Å². The Hall–Kier alpha value is -2.24. The van der Waals surface area contributed by atoms with Crippen molar-refractivity contribution in [3.8, 4) is 0 Å². The van der Waals surface area contributed by atoms with Crippen LogP contribution in [0.4, 0.5) is 15.3 Å². The number of alkyl carbamates (subject to hydrolysis) is 1. The molecule has 3 N–H and O–H groups in total. The summed E-state index contributed by atoms with van der Waals surface area (Å²) >= 11 is 0. The Morgan fingerprint density at radius 2 is 1.65 bits per heavy atom. The number of urea groups is 1. The third-order valence-electron chi connectivity index (χ3n) is 2.11. The number of amides is 3. The molecule has 0 aliphatic rings. The van der Waals surface area contributed by atoms with E-state index in [-0.39, 0.29) is 6.03 Å². The van der Waals surface area contributed by atoms with Crippen molar-refractivity contribution in [1.82, 2.24) is 10.6 Å². The molecule has 110 valence electrons. The minimum absolute atomic E-state index is 0.303. The lowest BCUT2D eigenvalue weighted by Crippen LogP contribution is -2.39. The Labute approximate surface area is 118 Å². The molecule has 0 aromatic heterocycles. The molecular formula is C14H21N3O3. The number of anilines is 1. The molecule has 0 fully saturated rings. The van der Waals surface area contributed by atoms with Crippen LogP contribution >= 0.6 is 0 Å². The van der Waals surface area contributed by atoms with Gasteiger partial charge >= 0.3 is 12.1 Å². The second-order valence-electron chi connectivity index (χ2n) is 5.18. The first-order chi connectivity index (χ1) is 9.37. The van der Waals surface area contributed by atoms with E-state index in [1.807, 2.05) is 18.2 Å². The quantitative estimate of drug-likeness (QED) is 0.740. The molecule has 0 aliphatic carbocycles. The minimum Gasteiger partial charge on any atom is -0.444 e. The van der Waals surface area contributed by atoms with Crippen molar-refractivity contribution >= 4 is 17.8 Å². The van der Waals surface area contributed by atoms with Gasteiger partial charge in [0.15, 0.2) is 0 Å². The molecule has 0 radical (unpaired) electrons. The topological polar surface area (TPSA) is 79.5 Å². The number of rotatable bonds is 4. The highest BCUT2D eigenvalue weighted by molar-refractivity contribution is 5.89. The van der Waals surface area contributed by atoms with Crippen LogP contribution < -0.4 is 16.0 Å². The van der Waals surface area contributed by atoms with Gasteiger partial charge in [-0.3, -0.25) is 0 Å². The first-order valence-electron chi connectivity index (χ1n) is 6.43. The standard InChI is InChI=1S/C14H21N3O3/c1-14(2,3)20-13(19)16-10-9-15-12(18)17-11-7-5-4-6-8-11/h4-8H,9-10H2,1-3H3,(H,16,19)(H2,15,17,18). The van der Waals surface area contributed by atoms with Gasteiger partial charge in [-0.2, -0.15) is 0 Å². The Morgan fingerprint density at radius 3 is 2.25 bits per heavy atom. The molecule has 0 heterocycles. The third-order valence-corrected chi connectivity index (χ3v) is 2.11. The molecule has 0 spiro atoms. The number of para-hydroxylation sites is 1. The maximum atomic E-state index is 11.5. The smallest absolute Gasteiger partial charge is 0.407 e. The van der Waals surface area contributed by atoms with Crippen molar-refractivity contribution in [2.75, 3.05) is 18.4 Å². The minimum atomic E-state index is -0.526. The van der Waals surface area contributed by atoms with Crippen LogP contribution in [0, 0.1) is 0 Å². The summed E-state index contributed by atoms with van der Waals surface area (Å²) in [6.45, 7) is 5.99. The third kappa shape index (κ3) is 7.25. The fourth-order valence-electron chi connectivity index (χ4n) is 1.35. The molecule has 0 bridgehead atoms. The number of hydrogen-bond donors (Lipinski definition) is 3. The van der Waals surface area contributed by atoms with E-state index in [4.69, 9.17) is 4.74 Å². The van der Waals surface area contributed by atoms with Gasteiger partial charge < -0.3 is 20.7 Å². The van der Waals surface area contributed by atoms with Crippen molar-refractivity contribution in [2.24, 2.45) is 0 Å². The Balaban J connectivity index is 2.15. The molecule has 20 heavy (non-hydrogen) atoms. The van der Waals surface area contributed by atoms with Crippen LogP contribution in [0.5, 0.6) is 0 Å². The summed E-state index contributed by atoms with van der Waals surface area (Å²) in [6, 6.07) is 8.80. The predicted molar refractivity (Wildman–Crippen MR) is 77.7 cm³/mol. The maximum Gasteiger partial charge on any atom is 0.407 e. The van der Waals surface area contributed by atoms with Crippen molar-refractivity contribution in [3.63, 3.8) is 0 Å². The molecule has 0 unspecified atom stereocenters. The molecule has 0 saturated heterocycles. The first kappa shape index (κ1) is 15.8. The fraction of sp³-hybridized carbons (Fsp3) is 0.429. The molecule has 0 saturated carbocycles. The summed E-state index contributed by atoms with van der Waals surface area (Å²) in [7, 11) is 0. The van der Waals surface area contributed by atoms with Crippen LogP contribution in [0.3, 0.4) is 0 Å². The number of nitrogens with one attached hydrogen (secondary N) is 3. The van der Waals surface area contributed by atoms with E-state index in [9.17, 15) is 9.59 Å². The Bertz CT molecular complexity index is 441. The van der Waals surface area contributed by atoms with E-state index < -0.39 is 11.7 Å². The molecule has 6 nitrogen and oxygen atoms in total. The van der Waals surface area contributed by atoms with Crippen molar-refractivity contribution < 1.29 is 14.3 Å². The molecular weight excluding hydrogens is 258 g/mol. The van der Waals surface area contributed by atoms with Crippen molar-refractivity contribution in [2.45, 2.75) is 26.4 Å². The molecule has 1 aromatic rings. The summed E-state index contributed by atoms with van der Waals surface area (Å²) in [4.78, 5) is 22.9. The first-order valence-corrected chi connectivity index (χ1v) is 6.43. The molecule has 1 aromatic carbocycles. The van der Waals surface area contributed by atoms with Gasteiger partial charge in [-0.05, 0) is 32.9 Å². The predicted octanol–water partition coefficient (Wildman–Crippen LogP) is 2.33. The van der Waals surface area contributed by atoms with Crippen LogP contribution in [0.25, 0.3) is 0 Å². The largest absolute Gasteiger partial charge is 0.444 e. The average Bonchev–Trinajstić information content (AvgIpc) is 2.34. The number of carbonyl (C=O) groups is 2. The monoisotopic (exact) mass is 279 g/mol. The Morgan fingerprint density at radius 1 is 1.05 bits per heavy atom. The van der Waals surface area contributed by atoms with Crippen LogP contribution in [-0.4, -0.2) is 30.8 Å². The van der Waals surface area contributed by atoms with Crippen LogP contribution in [0.15, 0.2) is 30.3 Å². The van der Waals surface area contributed by atoms with Crippen molar-refractivity contribution in [1.29, 1.82) is 0 Å². The van der Waals surface area contributed by atoms with E-state index in [0.29, 0.717) is 18.8 Å². The maximum absolute atomic E-state index is 11.5. The number of benzene rings is 1. The zero-order valence-electron chi connectivity index (χ0n) is 12.0. The van der Waals surface area contributed by atoms with E-state index in [1.165, 1.54) is 0 Å². The zero-order valence-corrected chi connectivity index (χ0v) is 12.0. The lowest BCUT2D eigenvalue weighted by molar-refractivity contribution is 0.0528. The lowest BCUT2D eigenvalue weighted by Gasteiger charge is -2.19. The van der Waals surface area contributed by atoms with E-state index in [1.54, 1.807) is 32.9 Å². The van der Waals surface area contributed by atoms with E-state index in [0.717, 1.165) is 0 Å². The van der Waals surface area contributed by atoms with Crippen molar-refractivity contribution in [3.05, 3.63) is 30.3 Å². The molecule has 3 amide bonds. The van der Waals surface area contributed by atoms with E-state index >= 15 is 0 Å². The van der Waals surface area contributed by atoms with Gasteiger partial charge in [-0.25, -0.2) is 9.59 Å². The summed E-state index contributed by atoms with van der Waals surface area (Å²) in [5, 5.41) is 7.86. The normalized spacial score (nSPS) is 10.6. The van der Waals surface area contributed by atoms with Crippen LogP contribution in [-0.2, 0) is 4.74 Å². The number of hydrogen-bond acceptors (Lipinski definition) is 3. The van der Waals surface area contributed by atoms with Crippen LogP contribution in [0.2, 0.25) is 0 Å².